The maximum atomic E-state index is 12.7. The van der Waals surface area contributed by atoms with E-state index in [4.69, 9.17) is 4.42 Å². The number of benzene rings is 1. The molecule has 1 aromatic carbocycles. The van der Waals surface area contributed by atoms with Crippen LogP contribution in [-0.4, -0.2) is 47.7 Å². The minimum absolute atomic E-state index is 0.0404. The summed E-state index contributed by atoms with van der Waals surface area (Å²) in [4.78, 5) is 24.3. The van der Waals surface area contributed by atoms with Crippen LogP contribution in [0.2, 0.25) is 0 Å². The number of alkyl halides is 3. The molecule has 0 saturated heterocycles. The third-order valence-electron chi connectivity index (χ3n) is 3.69. The van der Waals surface area contributed by atoms with Gasteiger partial charge in [-0.15, -0.1) is 10.2 Å². The Morgan fingerprint density at radius 3 is 2.59 bits per heavy atom. The van der Waals surface area contributed by atoms with E-state index in [0.29, 0.717) is 5.56 Å². The highest BCUT2D eigenvalue weighted by molar-refractivity contribution is 5.81. The standard InChI is InChI=1S/C17H18F3N3O4/c1-23(10-16(25)26-2)15(24)7-6-13-21-22-14(27-13)9-11-4-3-5-12(8-11)17(18,19)20/h3-5,8H,6-7,9-10H2,1-2H3. The van der Waals surface area contributed by atoms with Gasteiger partial charge in [0.2, 0.25) is 17.7 Å². The molecule has 10 heteroatoms. The van der Waals surface area contributed by atoms with E-state index in [9.17, 15) is 22.8 Å². The fourth-order valence-electron chi connectivity index (χ4n) is 2.24. The average Bonchev–Trinajstić information content (AvgIpc) is 3.06. The first-order chi connectivity index (χ1) is 12.7. The van der Waals surface area contributed by atoms with Gasteiger partial charge in [-0.05, 0) is 11.6 Å². The molecular weight excluding hydrogens is 367 g/mol. The van der Waals surface area contributed by atoms with Crippen LogP contribution < -0.4 is 0 Å². The second-order valence-corrected chi connectivity index (χ2v) is 5.79. The summed E-state index contributed by atoms with van der Waals surface area (Å²) in [6.07, 6.45) is -4.18. The Balaban J connectivity index is 1.92. The van der Waals surface area contributed by atoms with Crippen molar-refractivity contribution in [3.63, 3.8) is 0 Å². The first-order valence-corrected chi connectivity index (χ1v) is 7.97. The van der Waals surface area contributed by atoms with Crippen molar-refractivity contribution < 1.29 is 31.9 Å². The number of rotatable bonds is 7. The summed E-state index contributed by atoms with van der Waals surface area (Å²) in [6.45, 7) is -0.167. The zero-order chi connectivity index (χ0) is 20.0. The van der Waals surface area contributed by atoms with Crippen LogP contribution >= 0.6 is 0 Å². The molecular formula is C17H18F3N3O4. The molecule has 0 radical (unpaired) electrons. The molecule has 2 rings (SSSR count). The SMILES string of the molecule is COC(=O)CN(C)C(=O)CCc1nnc(Cc2cccc(C(F)(F)F)c2)o1. The number of methoxy groups -OCH3 is 1. The lowest BCUT2D eigenvalue weighted by Gasteiger charge is -2.14. The van der Waals surface area contributed by atoms with Gasteiger partial charge in [-0.2, -0.15) is 13.2 Å². The zero-order valence-electron chi connectivity index (χ0n) is 14.7. The van der Waals surface area contributed by atoms with Gasteiger partial charge < -0.3 is 14.1 Å². The number of carbonyl (C=O) groups is 2. The summed E-state index contributed by atoms with van der Waals surface area (Å²) < 4.78 is 48.1. The Labute approximate surface area is 153 Å². The molecule has 0 atom stereocenters. The Morgan fingerprint density at radius 1 is 1.22 bits per heavy atom. The minimum atomic E-state index is -4.42. The molecule has 0 aliphatic heterocycles. The van der Waals surface area contributed by atoms with Gasteiger partial charge in [-0.3, -0.25) is 9.59 Å². The van der Waals surface area contributed by atoms with Crippen molar-refractivity contribution in [1.29, 1.82) is 0 Å². The molecule has 7 nitrogen and oxygen atoms in total. The van der Waals surface area contributed by atoms with Gasteiger partial charge in [0.25, 0.3) is 0 Å². The first-order valence-electron chi connectivity index (χ1n) is 7.97. The molecule has 0 bridgehead atoms. The number of aromatic nitrogens is 2. The van der Waals surface area contributed by atoms with E-state index in [0.717, 1.165) is 12.1 Å². The van der Waals surface area contributed by atoms with E-state index in [1.165, 1.54) is 31.2 Å². The van der Waals surface area contributed by atoms with Gasteiger partial charge >= 0.3 is 12.1 Å². The highest BCUT2D eigenvalue weighted by Gasteiger charge is 2.30. The smallest absolute Gasteiger partial charge is 0.416 e. The van der Waals surface area contributed by atoms with Crippen molar-refractivity contribution in [3.8, 4) is 0 Å². The molecule has 0 saturated carbocycles. The van der Waals surface area contributed by atoms with Gasteiger partial charge in [-0.1, -0.05) is 18.2 Å². The third kappa shape index (κ3) is 6.08. The molecule has 146 valence electrons. The molecule has 2 aromatic rings. The van der Waals surface area contributed by atoms with Gasteiger partial charge in [-0.25, -0.2) is 0 Å². The molecule has 0 fully saturated rings. The molecule has 0 aliphatic carbocycles. The molecule has 0 N–H and O–H groups in total. The van der Waals surface area contributed by atoms with E-state index >= 15 is 0 Å². The quantitative estimate of drug-likeness (QED) is 0.680. The van der Waals surface area contributed by atoms with Crippen LogP contribution in [0, 0.1) is 0 Å². The van der Waals surface area contributed by atoms with E-state index < -0.39 is 17.7 Å². The van der Waals surface area contributed by atoms with E-state index in [1.54, 1.807) is 0 Å². The van der Waals surface area contributed by atoms with Crippen molar-refractivity contribution >= 4 is 11.9 Å². The maximum absolute atomic E-state index is 12.7. The number of esters is 1. The molecule has 27 heavy (non-hydrogen) atoms. The van der Waals surface area contributed by atoms with Crippen molar-refractivity contribution in [1.82, 2.24) is 15.1 Å². The summed E-state index contributed by atoms with van der Waals surface area (Å²) in [5.41, 5.74) is -0.368. The number of hydrogen-bond acceptors (Lipinski definition) is 6. The van der Waals surface area contributed by atoms with Gasteiger partial charge in [0, 0.05) is 19.9 Å². The fourth-order valence-corrected chi connectivity index (χ4v) is 2.24. The molecule has 0 spiro atoms. The lowest BCUT2D eigenvalue weighted by atomic mass is 10.1. The van der Waals surface area contributed by atoms with Crippen LogP contribution in [0.1, 0.15) is 29.3 Å². The van der Waals surface area contributed by atoms with Crippen molar-refractivity contribution in [2.75, 3.05) is 20.7 Å². The zero-order valence-corrected chi connectivity index (χ0v) is 14.7. The average molecular weight is 385 g/mol. The number of carbonyl (C=O) groups excluding carboxylic acids is 2. The largest absolute Gasteiger partial charge is 0.468 e. The summed E-state index contributed by atoms with van der Waals surface area (Å²) in [5.74, 6) is -0.499. The number of likely N-dealkylation sites (N-methyl/N-ethyl adjacent to an activating group) is 1. The summed E-state index contributed by atoms with van der Waals surface area (Å²) in [7, 11) is 2.69. The van der Waals surface area contributed by atoms with Gasteiger partial charge in [0.1, 0.15) is 6.54 Å². The summed E-state index contributed by atoms with van der Waals surface area (Å²) >= 11 is 0. The molecule has 0 unspecified atom stereocenters. The van der Waals surface area contributed by atoms with E-state index in [2.05, 4.69) is 14.9 Å². The van der Waals surface area contributed by atoms with Crippen molar-refractivity contribution in [2.24, 2.45) is 0 Å². The van der Waals surface area contributed by atoms with Crippen LogP contribution in [0.3, 0.4) is 0 Å². The minimum Gasteiger partial charge on any atom is -0.468 e. The number of nitrogens with zero attached hydrogens (tertiary/aromatic N) is 3. The first kappa shape index (κ1) is 20.4. The highest BCUT2D eigenvalue weighted by atomic mass is 19.4. The maximum Gasteiger partial charge on any atom is 0.416 e. The summed E-state index contributed by atoms with van der Waals surface area (Å²) in [6, 6.07) is 4.85. The van der Waals surface area contributed by atoms with Crippen LogP contribution in [0.25, 0.3) is 0 Å². The number of ether oxygens (including phenoxy) is 1. The van der Waals surface area contributed by atoms with E-state index in [1.807, 2.05) is 0 Å². The van der Waals surface area contributed by atoms with Crippen molar-refractivity contribution in [2.45, 2.75) is 25.4 Å². The Bertz CT molecular complexity index is 805. The van der Waals surface area contributed by atoms with Crippen LogP contribution in [0.15, 0.2) is 28.7 Å². The predicted molar refractivity (Wildman–Crippen MR) is 86.5 cm³/mol. The summed E-state index contributed by atoms with van der Waals surface area (Å²) in [5, 5.41) is 7.58. The van der Waals surface area contributed by atoms with Crippen LogP contribution in [-0.2, 0) is 33.3 Å². The topological polar surface area (TPSA) is 85.5 Å². The molecule has 0 aliphatic rings. The second kappa shape index (κ2) is 8.65. The second-order valence-electron chi connectivity index (χ2n) is 5.79. The third-order valence-corrected chi connectivity index (χ3v) is 3.69. The highest BCUT2D eigenvalue weighted by Crippen LogP contribution is 2.29. The predicted octanol–water partition coefficient (Wildman–Crippen LogP) is 2.24. The van der Waals surface area contributed by atoms with Crippen molar-refractivity contribution in [3.05, 3.63) is 47.2 Å². The Hall–Kier alpha value is -2.91. The normalized spacial score (nSPS) is 11.3. The lowest BCUT2D eigenvalue weighted by molar-refractivity contribution is -0.146. The van der Waals surface area contributed by atoms with Crippen LogP contribution in [0.4, 0.5) is 13.2 Å². The fraction of sp³-hybridized carbons (Fsp3) is 0.412. The van der Waals surface area contributed by atoms with Gasteiger partial charge in [0.15, 0.2) is 0 Å². The monoisotopic (exact) mass is 385 g/mol. The number of amides is 1. The number of hydrogen-bond donors (Lipinski definition) is 0. The lowest BCUT2D eigenvalue weighted by Crippen LogP contribution is -2.32. The van der Waals surface area contributed by atoms with Gasteiger partial charge in [0.05, 0.1) is 19.1 Å². The number of halogens is 3. The number of aryl methyl sites for hydroxylation is 1. The Kier molecular flexibility index (Phi) is 6.54. The Morgan fingerprint density at radius 2 is 1.93 bits per heavy atom. The molecule has 1 aromatic heterocycles. The molecule has 1 amide bonds. The molecule has 1 heterocycles. The van der Waals surface area contributed by atoms with Crippen LogP contribution in [0.5, 0.6) is 0 Å². The van der Waals surface area contributed by atoms with E-state index in [-0.39, 0.29) is 43.5 Å².